The number of carbonyl (C=O) groups excluding carboxylic acids is 1. The van der Waals surface area contributed by atoms with Gasteiger partial charge >= 0.3 is 6.03 Å². The monoisotopic (exact) mass is 242 g/mol. The second-order valence-corrected chi connectivity index (χ2v) is 4.87. The number of urea groups is 1. The van der Waals surface area contributed by atoms with Crippen LogP contribution in [-0.2, 0) is 4.74 Å². The molecule has 0 aromatic carbocycles. The van der Waals surface area contributed by atoms with Crippen LogP contribution in [0.2, 0.25) is 0 Å². The number of rotatable bonds is 4. The maximum Gasteiger partial charge on any atom is 0.317 e. The highest BCUT2D eigenvalue weighted by molar-refractivity contribution is 5.75. The lowest BCUT2D eigenvalue weighted by atomic mass is 10.1. The van der Waals surface area contributed by atoms with Gasteiger partial charge in [-0.1, -0.05) is 0 Å². The van der Waals surface area contributed by atoms with Crippen LogP contribution >= 0.6 is 0 Å². The topological polar surface area (TPSA) is 61.8 Å². The summed E-state index contributed by atoms with van der Waals surface area (Å²) in [6.07, 6.45) is 4.74. The maximum atomic E-state index is 12.1. The van der Waals surface area contributed by atoms with Gasteiger partial charge in [0.15, 0.2) is 0 Å². The minimum Gasteiger partial charge on any atom is -0.396 e. The van der Waals surface area contributed by atoms with Crippen molar-refractivity contribution >= 4 is 6.03 Å². The second kappa shape index (κ2) is 6.21. The van der Waals surface area contributed by atoms with Crippen LogP contribution in [0.5, 0.6) is 0 Å². The molecule has 2 amide bonds. The number of hydrogen-bond acceptors (Lipinski definition) is 3. The van der Waals surface area contributed by atoms with Gasteiger partial charge in [0.05, 0.1) is 12.6 Å². The summed E-state index contributed by atoms with van der Waals surface area (Å²) in [6.45, 7) is 2.44. The average Bonchev–Trinajstić information content (AvgIpc) is 2.96. The zero-order valence-electron chi connectivity index (χ0n) is 10.2. The van der Waals surface area contributed by atoms with Crippen LogP contribution in [0, 0.1) is 0 Å². The van der Waals surface area contributed by atoms with Gasteiger partial charge in [0.2, 0.25) is 0 Å². The first-order valence-corrected chi connectivity index (χ1v) is 6.57. The Morgan fingerprint density at radius 1 is 1.47 bits per heavy atom. The van der Waals surface area contributed by atoms with E-state index < -0.39 is 0 Å². The van der Waals surface area contributed by atoms with Crippen LogP contribution < -0.4 is 5.32 Å². The predicted octanol–water partition coefficient (Wildman–Crippen LogP) is 0.722. The van der Waals surface area contributed by atoms with Crippen molar-refractivity contribution in [3.8, 4) is 0 Å². The van der Waals surface area contributed by atoms with Crippen LogP contribution in [0.1, 0.15) is 32.1 Å². The maximum absolute atomic E-state index is 12.1. The number of likely N-dealkylation sites (tertiary alicyclic amines) is 1. The normalized spacial score (nSPS) is 28.6. The molecule has 2 atom stereocenters. The average molecular weight is 242 g/mol. The van der Waals surface area contributed by atoms with E-state index in [-0.39, 0.29) is 18.7 Å². The van der Waals surface area contributed by atoms with Crippen molar-refractivity contribution in [1.82, 2.24) is 10.2 Å². The van der Waals surface area contributed by atoms with E-state index in [2.05, 4.69) is 5.32 Å². The quantitative estimate of drug-likeness (QED) is 0.763. The molecule has 2 rings (SSSR count). The molecule has 0 saturated carbocycles. The molecule has 0 aliphatic carbocycles. The van der Waals surface area contributed by atoms with Crippen molar-refractivity contribution in [1.29, 1.82) is 0 Å². The Labute approximate surface area is 102 Å². The molecular formula is C12H22N2O3. The van der Waals surface area contributed by atoms with E-state index in [1.807, 2.05) is 4.90 Å². The van der Waals surface area contributed by atoms with Gasteiger partial charge in [-0.05, 0) is 32.1 Å². The van der Waals surface area contributed by atoms with E-state index in [1.165, 1.54) is 0 Å². The lowest BCUT2D eigenvalue weighted by molar-refractivity contribution is 0.171. The number of hydrogen-bond donors (Lipinski definition) is 2. The Morgan fingerprint density at radius 3 is 3.06 bits per heavy atom. The minimum absolute atomic E-state index is 0.0425. The molecule has 2 N–H and O–H groups in total. The van der Waals surface area contributed by atoms with Gasteiger partial charge in [0.1, 0.15) is 0 Å². The van der Waals surface area contributed by atoms with Gasteiger partial charge in [-0.15, -0.1) is 0 Å². The first kappa shape index (κ1) is 12.6. The number of nitrogens with one attached hydrogen (secondary N) is 1. The highest BCUT2D eigenvalue weighted by Gasteiger charge is 2.29. The zero-order chi connectivity index (χ0) is 12.1. The van der Waals surface area contributed by atoms with Crippen LogP contribution in [-0.4, -0.2) is 54.5 Å². The Kier molecular flexibility index (Phi) is 4.62. The van der Waals surface area contributed by atoms with Crippen molar-refractivity contribution < 1.29 is 14.6 Å². The minimum atomic E-state index is 0.0425. The van der Waals surface area contributed by atoms with Crippen molar-refractivity contribution in [3.05, 3.63) is 0 Å². The van der Waals surface area contributed by atoms with Gasteiger partial charge in [0.25, 0.3) is 0 Å². The Balaban J connectivity index is 1.80. The summed E-state index contributed by atoms with van der Waals surface area (Å²) in [5.74, 6) is 0. The summed E-state index contributed by atoms with van der Waals surface area (Å²) >= 11 is 0. The highest BCUT2D eigenvalue weighted by Crippen LogP contribution is 2.21. The summed E-state index contributed by atoms with van der Waals surface area (Å²) in [5.41, 5.74) is 0. The first-order chi connectivity index (χ1) is 8.31. The number of aliphatic hydroxyl groups is 1. The standard InChI is InChI=1S/C12H22N2O3/c15-7-2-4-11-3-1-6-14(11)12(16)13-10-5-8-17-9-10/h10-11,15H,1-9H2,(H,13,16). The van der Waals surface area contributed by atoms with Gasteiger partial charge in [-0.3, -0.25) is 0 Å². The fourth-order valence-electron chi connectivity index (χ4n) is 2.64. The summed E-state index contributed by atoms with van der Waals surface area (Å²) < 4.78 is 5.25. The molecule has 2 heterocycles. The number of ether oxygens (including phenoxy) is 1. The van der Waals surface area contributed by atoms with E-state index in [4.69, 9.17) is 9.84 Å². The van der Waals surface area contributed by atoms with E-state index in [0.717, 1.165) is 45.3 Å². The zero-order valence-corrected chi connectivity index (χ0v) is 10.2. The van der Waals surface area contributed by atoms with Gasteiger partial charge in [-0.2, -0.15) is 0 Å². The fourth-order valence-corrected chi connectivity index (χ4v) is 2.64. The molecule has 0 bridgehead atoms. The molecule has 0 spiro atoms. The Bertz CT molecular complexity index is 254. The van der Waals surface area contributed by atoms with Gasteiger partial charge in [-0.25, -0.2) is 4.79 Å². The van der Waals surface area contributed by atoms with Crippen LogP contribution in [0.25, 0.3) is 0 Å². The summed E-state index contributed by atoms with van der Waals surface area (Å²) in [5, 5.41) is 11.9. The lowest BCUT2D eigenvalue weighted by Crippen LogP contribution is -2.47. The SMILES string of the molecule is O=C(NC1CCOC1)N1CCCC1CCCO. The van der Waals surface area contributed by atoms with E-state index >= 15 is 0 Å². The number of aliphatic hydroxyl groups excluding tert-OH is 1. The molecule has 0 radical (unpaired) electrons. The number of carbonyl (C=O) groups is 1. The van der Waals surface area contributed by atoms with Crippen LogP contribution in [0.4, 0.5) is 4.79 Å². The molecular weight excluding hydrogens is 220 g/mol. The highest BCUT2D eigenvalue weighted by atomic mass is 16.5. The van der Waals surface area contributed by atoms with Crippen molar-refractivity contribution in [2.24, 2.45) is 0 Å². The Hall–Kier alpha value is -0.810. The van der Waals surface area contributed by atoms with Gasteiger partial charge in [0, 0.05) is 25.8 Å². The number of amides is 2. The molecule has 0 aromatic heterocycles. The molecule has 17 heavy (non-hydrogen) atoms. The third-order valence-electron chi connectivity index (χ3n) is 3.59. The smallest absolute Gasteiger partial charge is 0.317 e. The lowest BCUT2D eigenvalue weighted by Gasteiger charge is -2.26. The third-order valence-corrected chi connectivity index (χ3v) is 3.59. The number of nitrogens with zero attached hydrogens (tertiary/aromatic N) is 1. The predicted molar refractivity (Wildman–Crippen MR) is 63.8 cm³/mol. The molecule has 0 aromatic rings. The van der Waals surface area contributed by atoms with Crippen molar-refractivity contribution in [3.63, 3.8) is 0 Å². The van der Waals surface area contributed by atoms with Crippen LogP contribution in [0.15, 0.2) is 0 Å². The van der Waals surface area contributed by atoms with E-state index in [1.54, 1.807) is 0 Å². The summed E-state index contributed by atoms with van der Waals surface area (Å²) in [4.78, 5) is 14.0. The van der Waals surface area contributed by atoms with Gasteiger partial charge < -0.3 is 20.1 Å². The van der Waals surface area contributed by atoms with Crippen molar-refractivity contribution in [2.75, 3.05) is 26.4 Å². The largest absolute Gasteiger partial charge is 0.396 e. The molecule has 5 heteroatoms. The molecule has 2 fully saturated rings. The summed E-state index contributed by atoms with van der Waals surface area (Å²) in [6, 6.07) is 0.534. The van der Waals surface area contributed by atoms with E-state index in [0.29, 0.717) is 12.6 Å². The second-order valence-electron chi connectivity index (χ2n) is 4.87. The molecule has 5 nitrogen and oxygen atoms in total. The molecule has 2 saturated heterocycles. The van der Waals surface area contributed by atoms with E-state index in [9.17, 15) is 4.79 Å². The molecule has 98 valence electrons. The van der Waals surface area contributed by atoms with Crippen molar-refractivity contribution in [2.45, 2.75) is 44.2 Å². The first-order valence-electron chi connectivity index (χ1n) is 6.57. The molecule has 2 aliphatic rings. The molecule has 2 unspecified atom stereocenters. The molecule has 2 aliphatic heterocycles. The fraction of sp³-hybridized carbons (Fsp3) is 0.917. The summed E-state index contributed by atoms with van der Waals surface area (Å²) in [7, 11) is 0. The Morgan fingerprint density at radius 2 is 2.35 bits per heavy atom. The van der Waals surface area contributed by atoms with Crippen LogP contribution in [0.3, 0.4) is 0 Å². The third kappa shape index (κ3) is 3.33.